The molecule has 0 amide bonds. The number of carbonyl (C=O) groups excluding carboxylic acids is 1. The second kappa shape index (κ2) is 7.38. The molecule has 2 rings (SSSR count). The van der Waals surface area contributed by atoms with Crippen LogP contribution in [0.5, 0.6) is 0 Å². The van der Waals surface area contributed by atoms with Gasteiger partial charge in [0.05, 0.1) is 34.8 Å². The normalized spacial score (nSPS) is 22.7. The van der Waals surface area contributed by atoms with Gasteiger partial charge >= 0.3 is 5.97 Å². The Balaban J connectivity index is 2.29. The molecule has 10 heteroatoms. The van der Waals surface area contributed by atoms with E-state index >= 15 is 0 Å². The van der Waals surface area contributed by atoms with Gasteiger partial charge in [-0.2, -0.15) is 0 Å². The topological polar surface area (TPSA) is 107 Å². The molecule has 0 radical (unpaired) electrons. The number of aryl methyl sites for hydroxylation is 1. The van der Waals surface area contributed by atoms with Crippen molar-refractivity contribution in [3.63, 3.8) is 0 Å². The second-order valence-electron chi connectivity index (χ2n) is 5.86. The monoisotopic (exact) mass is 393 g/mol. The zero-order valence-electron chi connectivity index (χ0n) is 13.9. The van der Waals surface area contributed by atoms with Crippen molar-refractivity contribution in [3.05, 3.63) is 29.6 Å². The zero-order chi connectivity index (χ0) is 18.8. The number of esters is 1. The third-order valence-electron chi connectivity index (χ3n) is 3.97. The number of nitrogens with one attached hydrogen (secondary N) is 1. The highest BCUT2D eigenvalue weighted by atomic mass is 32.2. The third kappa shape index (κ3) is 4.56. The summed E-state index contributed by atoms with van der Waals surface area (Å²) < 4.78 is 67.7. The predicted octanol–water partition coefficient (Wildman–Crippen LogP) is 0.226. The van der Waals surface area contributed by atoms with E-state index in [9.17, 15) is 26.0 Å². The summed E-state index contributed by atoms with van der Waals surface area (Å²) in [5.74, 6) is -2.08. The summed E-state index contributed by atoms with van der Waals surface area (Å²) >= 11 is 0. The lowest BCUT2D eigenvalue weighted by molar-refractivity contribution is -0.142. The minimum atomic E-state index is -4.02. The first-order valence-electron chi connectivity index (χ1n) is 7.66. The van der Waals surface area contributed by atoms with Crippen LogP contribution in [0.2, 0.25) is 0 Å². The van der Waals surface area contributed by atoms with Crippen LogP contribution in [0.15, 0.2) is 23.1 Å². The zero-order valence-corrected chi connectivity index (χ0v) is 15.5. The van der Waals surface area contributed by atoms with Crippen LogP contribution in [-0.2, 0) is 29.2 Å². The van der Waals surface area contributed by atoms with E-state index in [0.717, 1.165) is 12.1 Å². The quantitative estimate of drug-likeness (QED) is 0.544. The summed E-state index contributed by atoms with van der Waals surface area (Å²) in [4.78, 5) is 11.3. The van der Waals surface area contributed by atoms with Crippen molar-refractivity contribution in [1.82, 2.24) is 5.32 Å². The summed E-state index contributed by atoms with van der Waals surface area (Å²) in [7, 11) is -7.60. The van der Waals surface area contributed by atoms with Crippen LogP contribution in [-0.4, -0.2) is 58.8 Å². The van der Waals surface area contributed by atoms with Crippen LogP contribution in [0.4, 0.5) is 4.39 Å². The summed E-state index contributed by atoms with van der Waals surface area (Å²) in [6, 6.07) is 2.39. The Hall–Kier alpha value is -1.52. The van der Waals surface area contributed by atoms with Crippen LogP contribution in [0, 0.1) is 12.7 Å². The van der Waals surface area contributed by atoms with Gasteiger partial charge in [-0.1, -0.05) is 0 Å². The molecule has 1 saturated heterocycles. The number of hydrogen-bond acceptors (Lipinski definition) is 7. The van der Waals surface area contributed by atoms with Crippen molar-refractivity contribution in [2.75, 3.05) is 24.7 Å². The molecule has 7 nitrogen and oxygen atoms in total. The van der Waals surface area contributed by atoms with E-state index in [1.54, 1.807) is 6.92 Å². The summed E-state index contributed by atoms with van der Waals surface area (Å²) in [6.07, 6.45) is 0. The minimum absolute atomic E-state index is 0.142. The fourth-order valence-corrected chi connectivity index (χ4v) is 7.51. The summed E-state index contributed by atoms with van der Waals surface area (Å²) in [6.45, 7) is 2.93. The molecule has 2 atom stereocenters. The van der Waals surface area contributed by atoms with E-state index in [4.69, 9.17) is 4.74 Å². The van der Waals surface area contributed by atoms with Crippen molar-refractivity contribution in [2.24, 2.45) is 0 Å². The molecule has 1 aromatic carbocycles. The highest BCUT2D eigenvalue weighted by molar-refractivity contribution is 7.96. The standard InChI is InChI=1S/C15H20FNO6S2/c1-3-23-15(18)7-17-13-8-24(19,20)9-14(13)25(21,22)11-4-5-12(16)10(2)6-11/h4-6,13-14,17H,3,7-9H2,1-2H3/t13-,14-/m0/s1. The molecule has 1 heterocycles. The molecular formula is C15H20FNO6S2. The molecule has 0 aromatic heterocycles. The van der Waals surface area contributed by atoms with Crippen molar-refractivity contribution >= 4 is 25.6 Å². The van der Waals surface area contributed by atoms with Gasteiger partial charge in [-0.05, 0) is 37.6 Å². The molecule has 1 fully saturated rings. The van der Waals surface area contributed by atoms with E-state index in [1.165, 1.54) is 13.0 Å². The molecular weight excluding hydrogens is 373 g/mol. The Kier molecular flexibility index (Phi) is 5.85. The van der Waals surface area contributed by atoms with Crippen molar-refractivity contribution in [3.8, 4) is 0 Å². The maximum absolute atomic E-state index is 13.4. The van der Waals surface area contributed by atoms with Gasteiger partial charge < -0.3 is 10.1 Å². The highest BCUT2D eigenvalue weighted by Crippen LogP contribution is 2.27. The van der Waals surface area contributed by atoms with Gasteiger partial charge in [0.2, 0.25) is 0 Å². The van der Waals surface area contributed by atoms with E-state index in [-0.39, 0.29) is 23.6 Å². The lowest BCUT2D eigenvalue weighted by atomic mass is 10.2. The number of sulfone groups is 2. The van der Waals surface area contributed by atoms with Crippen LogP contribution < -0.4 is 5.32 Å². The largest absolute Gasteiger partial charge is 0.465 e. The maximum Gasteiger partial charge on any atom is 0.319 e. The van der Waals surface area contributed by atoms with Gasteiger partial charge in [0.1, 0.15) is 5.82 Å². The first-order valence-corrected chi connectivity index (χ1v) is 11.0. The first kappa shape index (κ1) is 19.8. The van der Waals surface area contributed by atoms with E-state index in [0.29, 0.717) is 0 Å². The first-order chi connectivity index (χ1) is 11.6. The minimum Gasteiger partial charge on any atom is -0.465 e. The summed E-state index contributed by atoms with van der Waals surface area (Å²) in [5, 5.41) is 1.41. The van der Waals surface area contributed by atoms with Gasteiger partial charge in [0.15, 0.2) is 19.7 Å². The molecule has 0 saturated carbocycles. The van der Waals surface area contributed by atoms with Crippen molar-refractivity contribution in [2.45, 2.75) is 30.0 Å². The fraction of sp³-hybridized carbons (Fsp3) is 0.533. The van der Waals surface area contributed by atoms with E-state index in [1.807, 2.05) is 0 Å². The van der Waals surface area contributed by atoms with Gasteiger partial charge in [-0.25, -0.2) is 21.2 Å². The predicted molar refractivity (Wildman–Crippen MR) is 89.2 cm³/mol. The molecule has 0 bridgehead atoms. The van der Waals surface area contributed by atoms with Crippen LogP contribution in [0.1, 0.15) is 12.5 Å². The Morgan fingerprint density at radius 3 is 2.64 bits per heavy atom. The number of ether oxygens (including phenoxy) is 1. The average molecular weight is 393 g/mol. The molecule has 0 spiro atoms. The Morgan fingerprint density at radius 2 is 2.04 bits per heavy atom. The maximum atomic E-state index is 13.4. The van der Waals surface area contributed by atoms with Crippen LogP contribution in [0.25, 0.3) is 0 Å². The molecule has 1 aliphatic heterocycles. The number of benzene rings is 1. The van der Waals surface area contributed by atoms with Gasteiger partial charge in [-0.15, -0.1) is 0 Å². The number of carbonyl (C=O) groups is 1. The second-order valence-corrected chi connectivity index (χ2v) is 10.2. The number of halogens is 1. The molecule has 0 aliphatic carbocycles. The van der Waals surface area contributed by atoms with Crippen molar-refractivity contribution in [1.29, 1.82) is 0 Å². The smallest absolute Gasteiger partial charge is 0.319 e. The third-order valence-corrected chi connectivity index (χ3v) is 8.12. The Labute approximate surface area is 146 Å². The van der Waals surface area contributed by atoms with Gasteiger partial charge in [-0.3, -0.25) is 4.79 Å². The SMILES string of the molecule is CCOC(=O)CN[C@H]1CS(=O)(=O)C[C@@H]1S(=O)(=O)c1ccc(F)c(C)c1. The van der Waals surface area contributed by atoms with Gasteiger partial charge in [0, 0.05) is 6.04 Å². The molecule has 1 N–H and O–H groups in total. The summed E-state index contributed by atoms with van der Waals surface area (Å²) in [5.41, 5.74) is 0.151. The molecule has 1 aromatic rings. The number of hydrogen-bond donors (Lipinski definition) is 1. The molecule has 0 unspecified atom stereocenters. The van der Waals surface area contributed by atoms with Crippen LogP contribution in [0.3, 0.4) is 0 Å². The Bertz CT molecular complexity index is 866. The van der Waals surface area contributed by atoms with E-state index < -0.39 is 54.3 Å². The molecule has 1 aliphatic rings. The fourth-order valence-electron chi connectivity index (χ4n) is 2.71. The number of rotatable bonds is 6. The van der Waals surface area contributed by atoms with E-state index in [2.05, 4.69) is 5.32 Å². The molecule has 140 valence electrons. The Morgan fingerprint density at radius 1 is 1.36 bits per heavy atom. The lowest BCUT2D eigenvalue weighted by Gasteiger charge is -2.20. The average Bonchev–Trinajstić information content (AvgIpc) is 2.84. The van der Waals surface area contributed by atoms with Gasteiger partial charge in [0.25, 0.3) is 0 Å². The highest BCUT2D eigenvalue weighted by Gasteiger charge is 2.45. The lowest BCUT2D eigenvalue weighted by Crippen LogP contribution is -2.45. The van der Waals surface area contributed by atoms with Crippen molar-refractivity contribution < 1.29 is 30.8 Å². The van der Waals surface area contributed by atoms with Crippen LogP contribution >= 0.6 is 0 Å². The molecule has 25 heavy (non-hydrogen) atoms.